The van der Waals surface area contributed by atoms with Crippen molar-refractivity contribution in [2.45, 2.75) is 30.7 Å². The molecule has 0 aliphatic carbocycles. The molecule has 130 valence electrons. The molecule has 6 nitrogen and oxygen atoms in total. The first-order chi connectivity index (χ1) is 10.4. The monoisotopic (exact) mass is 362 g/mol. The predicted molar refractivity (Wildman–Crippen MR) is 90.6 cm³/mol. The summed E-state index contributed by atoms with van der Waals surface area (Å²) < 4.78 is 31.9. The second-order valence-electron chi connectivity index (χ2n) is 5.44. The summed E-state index contributed by atoms with van der Waals surface area (Å²) in [7, 11) is -0.512. The maximum atomic E-state index is 12.8. The van der Waals surface area contributed by atoms with Crippen LogP contribution in [0, 0.1) is 6.92 Å². The molecule has 1 heterocycles. The van der Waals surface area contributed by atoms with E-state index >= 15 is 0 Å². The SMILES string of the molecule is CNCC1CCCN1S(=O)(=O)c1ccc(C)c(C(=O)OC)c1.Cl. The van der Waals surface area contributed by atoms with Crippen molar-refractivity contribution in [3.63, 3.8) is 0 Å². The van der Waals surface area contributed by atoms with Gasteiger partial charge in [0.1, 0.15) is 0 Å². The molecule has 1 aromatic carbocycles. The van der Waals surface area contributed by atoms with Crippen LogP contribution in [-0.4, -0.2) is 52.0 Å². The Hall–Kier alpha value is -1.15. The standard InChI is InChI=1S/C15H22N2O4S.ClH/c1-11-6-7-13(9-14(11)15(18)21-3)22(19,20)17-8-4-5-12(17)10-16-2;/h6-7,9,12,16H,4-5,8,10H2,1-3H3;1H. The first kappa shape index (κ1) is 19.9. The largest absolute Gasteiger partial charge is 0.465 e. The minimum Gasteiger partial charge on any atom is -0.465 e. The third-order valence-corrected chi connectivity index (χ3v) is 5.93. The number of aryl methyl sites for hydroxylation is 1. The number of carbonyl (C=O) groups is 1. The molecule has 0 saturated carbocycles. The van der Waals surface area contributed by atoms with Gasteiger partial charge in [0.2, 0.25) is 10.0 Å². The van der Waals surface area contributed by atoms with Crippen molar-refractivity contribution < 1.29 is 17.9 Å². The fourth-order valence-corrected chi connectivity index (χ4v) is 4.51. The van der Waals surface area contributed by atoms with Gasteiger partial charge >= 0.3 is 5.97 Å². The molecule has 2 rings (SSSR count). The number of nitrogens with one attached hydrogen (secondary N) is 1. The first-order valence-electron chi connectivity index (χ1n) is 7.27. The highest BCUT2D eigenvalue weighted by atomic mass is 35.5. The van der Waals surface area contributed by atoms with Gasteiger partial charge in [-0.05, 0) is 44.5 Å². The molecule has 1 aromatic rings. The molecule has 1 aliphatic heterocycles. The number of sulfonamides is 1. The summed E-state index contributed by atoms with van der Waals surface area (Å²) in [6.07, 6.45) is 1.69. The number of ether oxygens (including phenoxy) is 1. The summed E-state index contributed by atoms with van der Waals surface area (Å²) in [5, 5.41) is 3.03. The zero-order valence-corrected chi connectivity index (χ0v) is 15.2. The van der Waals surface area contributed by atoms with E-state index in [1.54, 1.807) is 19.1 Å². The summed E-state index contributed by atoms with van der Waals surface area (Å²) in [5.41, 5.74) is 0.979. The highest BCUT2D eigenvalue weighted by Gasteiger charge is 2.35. The Labute approximate surface area is 143 Å². The lowest BCUT2D eigenvalue weighted by Gasteiger charge is -2.24. The van der Waals surface area contributed by atoms with Gasteiger partial charge in [-0.2, -0.15) is 4.31 Å². The molecular weight excluding hydrogens is 340 g/mol. The van der Waals surface area contributed by atoms with E-state index in [4.69, 9.17) is 4.74 Å². The summed E-state index contributed by atoms with van der Waals surface area (Å²) in [6.45, 7) is 2.88. The third-order valence-electron chi connectivity index (χ3n) is 3.98. The van der Waals surface area contributed by atoms with E-state index in [0.717, 1.165) is 12.8 Å². The van der Waals surface area contributed by atoms with Gasteiger partial charge in [-0.3, -0.25) is 0 Å². The van der Waals surface area contributed by atoms with Gasteiger partial charge in [0.15, 0.2) is 0 Å². The molecule has 8 heteroatoms. The van der Waals surface area contributed by atoms with E-state index in [1.807, 2.05) is 7.05 Å². The second kappa shape index (κ2) is 8.10. The Bertz CT molecular complexity index is 663. The molecule has 1 N–H and O–H groups in total. The van der Waals surface area contributed by atoms with Gasteiger partial charge in [0.25, 0.3) is 0 Å². The van der Waals surface area contributed by atoms with Crippen molar-refractivity contribution in [3.8, 4) is 0 Å². The number of hydrogen-bond donors (Lipinski definition) is 1. The Morgan fingerprint density at radius 1 is 1.43 bits per heavy atom. The minimum atomic E-state index is -3.61. The topological polar surface area (TPSA) is 75.7 Å². The Kier molecular flexibility index (Phi) is 7.01. The lowest BCUT2D eigenvalue weighted by Crippen LogP contribution is -2.40. The van der Waals surface area contributed by atoms with Crippen LogP contribution in [0.2, 0.25) is 0 Å². The summed E-state index contributed by atoms with van der Waals surface area (Å²) in [4.78, 5) is 11.9. The van der Waals surface area contributed by atoms with Crippen molar-refractivity contribution in [2.75, 3.05) is 27.2 Å². The molecule has 1 aliphatic rings. The van der Waals surface area contributed by atoms with Gasteiger partial charge in [0.05, 0.1) is 17.6 Å². The normalized spacial score (nSPS) is 18.5. The van der Waals surface area contributed by atoms with E-state index in [2.05, 4.69) is 5.32 Å². The summed E-state index contributed by atoms with van der Waals surface area (Å²) in [6, 6.07) is 4.55. The van der Waals surface area contributed by atoms with E-state index in [-0.39, 0.29) is 28.9 Å². The number of hydrogen-bond acceptors (Lipinski definition) is 5. The van der Waals surface area contributed by atoms with E-state index in [9.17, 15) is 13.2 Å². The lowest BCUT2D eigenvalue weighted by molar-refractivity contribution is 0.0599. The van der Waals surface area contributed by atoms with Gasteiger partial charge in [-0.25, -0.2) is 13.2 Å². The van der Waals surface area contributed by atoms with Crippen LogP contribution in [0.4, 0.5) is 0 Å². The number of halogens is 1. The van der Waals surface area contributed by atoms with Crippen LogP contribution in [-0.2, 0) is 14.8 Å². The van der Waals surface area contributed by atoms with Crippen LogP contribution in [0.25, 0.3) is 0 Å². The highest BCUT2D eigenvalue weighted by molar-refractivity contribution is 7.89. The fourth-order valence-electron chi connectivity index (χ4n) is 2.79. The number of benzene rings is 1. The maximum Gasteiger partial charge on any atom is 0.338 e. The summed E-state index contributed by atoms with van der Waals surface area (Å²) >= 11 is 0. The molecule has 1 unspecified atom stereocenters. The number of methoxy groups -OCH3 is 1. The highest BCUT2D eigenvalue weighted by Crippen LogP contribution is 2.27. The molecule has 1 saturated heterocycles. The molecule has 0 spiro atoms. The molecule has 1 atom stereocenters. The quantitative estimate of drug-likeness (QED) is 0.805. The number of carbonyl (C=O) groups excluding carboxylic acids is 1. The molecule has 23 heavy (non-hydrogen) atoms. The summed E-state index contributed by atoms with van der Waals surface area (Å²) in [5.74, 6) is -0.525. The molecule has 0 radical (unpaired) electrons. The average Bonchev–Trinajstić information content (AvgIpc) is 2.96. The van der Waals surface area contributed by atoms with Crippen molar-refractivity contribution >= 4 is 28.4 Å². The van der Waals surface area contributed by atoms with Gasteiger partial charge in [0, 0.05) is 19.1 Å². The Morgan fingerprint density at radius 2 is 2.13 bits per heavy atom. The third kappa shape index (κ3) is 4.03. The zero-order chi connectivity index (χ0) is 16.3. The van der Waals surface area contributed by atoms with Crippen LogP contribution in [0.1, 0.15) is 28.8 Å². The molecular formula is C15H23ClN2O4S. The first-order valence-corrected chi connectivity index (χ1v) is 8.71. The van der Waals surface area contributed by atoms with Crippen molar-refractivity contribution in [2.24, 2.45) is 0 Å². The second-order valence-corrected chi connectivity index (χ2v) is 7.33. The Balaban J connectivity index is 0.00000264. The van der Waals surface area contributed by atoms with Gasteiger partial charge in [-0.1, -0.05) is 6.07 Å². The van der Waals surface area contributed by atoms with Crippen molar-refractivity contribution in [3.05, 3.63) is 29.3 Å². The smallest absolute Gasteiger partial charge is 0.338 e. The van der Waals surface area contributed by atoms with Gasteiger partial charge in [-0.15, -0.1) is 12.4 Å². The average molecular weight is 363 g/mol. The lowest BCUT2D eigenvalue weighted by atomic mass is 10.1. The minimum absolute atomic E-state index is 0. The molecule has 0 bridgehead atoms. The molecule has 1 fully saturated rings. The van der Waals surface area contributed by atoms with Gasteiger partial charge < -0.3 is 10.1 Å². The Morgan fingerprint density at radius 3 is 2.74 bits per heavy atom. The number of rotatable bonds is 5. The van der Waals surface area contributed by atoms with Crippen LogP contribution in [0.5, 0.6) is 0 Å². The van der Waals surface area contributed by atoms with Crippen molar-refractivity contribution in [1.82, 2.24) is 9.62 Å². The fraction of sp³-hybridized carbons (Fsp3) is 0.533. The number of esters is 1. The molecule has 0 aromatic heterocycles. The maximum absolute atomic E-state index is 12.8. The van der Waals surface area contributed by atoms with Crippen molar-refractivity contribution in [1.29, 1.82) is 0 Å². The van der Waals surface area contributed by atoms with E-state index in [1.165, 1.54) is 17.5 Å². The van der Waals surface area contributed by atoms with Crippen LogP contribution in [0.15, 0.2) is 23.1 Å². The van der Waals surface area contributed by atoms with E-state index < -0.39 is 16.0 Å². The van der Waals surface area contributed by atoms with Crippen LogP contribution in [0.3, 0.4) is 0 Å². The number of nitrogens with zero attached hydrogens (tertiary/aromatic N) is 1. The van der Waals surface area contributed by atoms with Crippen LogP contribution >= 0.6 is 12.4 Å². The van der Waals surface area contributed by atoms with Crippen LogP contribution < -0.4 is 5.32 Å². The zero-order valence-electron chi connectivity index (χ0n) is 13.5. The van der Waals surface area contributed by atoms with E-state index in [0.29, 0.717) is 18.7 Å². The molecule has 0 amide bonds. The predicted octanol–water partition coefficient (Wildman–Crippen LogP) is 1.58. The number of likely N-dealkylation sites (N-methyl/N-ethyl adjacent to an activating group) is 1.